The van der Waals surface area contributed by atoms with Gasteiger partial charge in [-0.1, -0.05) is 13.8 Å². The molecule has 0 heterocycles. The normalized spacial score (nSPS) is 9.50. The first-order chi connectivity index (χ1) is 4.85. The largest absolute Gasteiger partial charge is 0.355 e. The smallest absolute Gasteiger partial charge is 0.237 e. The summed E-state index contributed by atoms with van der Waals surface area (Å²) in [6.45, 7) is 4.23. The third-order valence-corrected chi connectivity index (χ3v) is 1.35. The summed E-state index contributed by atoms with van der Waals surface area (Å²) >= 11 is 0. The average molecular weight is 143 g/mol. The molecule has 0 atom stereocenters. The van der Waals surface area contributed by atoms with Crippen LogP contribution < -0.4 is 0 Å². The fourth-order valence-corrected chi connectivity index (χ4v) is 0.693. The van der Waals surface area contributed by atoms with Crippen LogP contribution in [0.25, 0.3) is 0 Å². The van der Waals surface area contributed by atoms with Crippen LogP contribution in [0, 0.1) is 0 Å². The quantitative estimate of drug-likeness (QED) is 0.432. The Morgan fingerprint density at radius 1 is 1.50 bits per heavy atom. The van der Waals surface area contributed by atoms with Crippen molar-refractivity contribution in [1.29, 1.82) is 0 Å². The Morgan fingerprint density at radius 2 is 2.10 bits per heavy atom. The van der Waals surface area contributed by atoms with Crippen LogP contribution in [0.5, 0.6) is 0 Å². The lowest BCUT2D eigenvalue weighted by atomic mass is 10.2. The van der Waals surface area contributed by atoms with E-state index in [4.69, 9.17) is 4.74 Å². The van der Waals surface area contributed by atoms with Gasteiger partial charge < -0.3 is 4.74 Å². The van der Waals surface area contributed by atoms with Crippen LogP contribution >= 0.6 is 0 Å². The molecule has 0 bridgehead atoms. The zero-order valence-corrected chi connectivity index (χ0v) is 6.46. The highest BCUT2D eigenvalue weighted by Crippen LogP contribution is 2.01. The van der Waals surface area contributed by atoms with Crippen LogP contribution in [-0.4, -0.2) is 18.9 Å². The first kappa shape index (κ1) is 9.34. The van der Waals surface area contributed by atoms with Gasteiger partial charge in [-0.3, -0.25) is 0 Å². The molecule has 58 valence electrons. The Labute approximate surface area is 61.1 Å². The lowest BCUT2D eigenvalue weighted by Gasteiger charge is -2.09. The number of hydrogen-bond donors (Lipinski definition) is 0. The highest BCUT2D eigenvalue weighted by atomic mass is 16.5. The van der Waals surface area contributed by atoms with Gasteiger partial charge in [0.2, 0.25) is 6.08 Å². The summed E-state index contributed by atoms with van der Waals surface area (Å²) in [4.78, 5) is 12.9. The molecule has 0 aliphatic rings. The third-order valence-electron chi connectivity index (χ3n) is 1.35. The third kappa shape index (κ3) is 4.24. The van der Waals surface area contributed by atoms with Crippen molar-refractivity contribution in [3.05, 3.63) is 0 Å². The Hall–Kier alpha value is -0.660. The van der Waals surface area contributed by atoms with E-state index in [1.54, 1.807) is 0 Å². The maximum atomic E-state index is 9.59. The van der Waals surface area contributed by atoms with E-state index in [2.05, 4.69) is 4.99 Å². The zero-order valence-electron chi connectivity index (χ0n) is 6.46. The summed E-state index contributed by atoms with van der Waals surface area (Å²) in [5, 5.41) is 0. The molecule has 0 aromatic carbocycles. The van der Waals surface area contributed by atoms with E-state index >= 15 is 0 Å². The molecule has 0 spiro atoms. The second kappa shape index (κ2) is 6.46. The fraction of sp³-hybridized carbons (Fsp3) is 0.857. The molecule has 0 fully saturated rings. The molecule has 0 aromatic rings. The number of nitrogens with zero attached hydrogens (tertiary/aromatic N) is 1. The standard InChI is InChI=1S/C7H13NO2/c1-3-7(4-2)10-6-8-5-9/h7H,3-4,6H2,1-2H3. The van der Waals surface area contributed by atoms with E-state index < -0.39 is 0 Å². The predicted octanol–water partition coefficient (Wildman–Crippen LogP) is 1.48. The lowest BCUT2D eigenvalue weighted by Crippen LogP contribution is -2.09. The molecule has 0 rings (SSSR count). The van der Waals surface area contributed by atoms with E-state index in [0.29, 0.717) is 0 Å². The molecule has 0 aromatic heterocycles. The van der Waals surface area contributed by atoms with Crippen LogP contribution in [0.15, 0.2) is 4.99 Å². The molecule has 10 heavy (non-hydrogen) atoms. The molecule has 3 heteroatoms. The topological polar surface area (TPSA) is 38.7 Å². The van der Waals surface area contributed by atoms with Gasteiger partial charge in [0.1, 0.15) is 6.73 Å². The number of isocyanates is 1. The summed E-state index contributed by atoms with van der Waals surface area (Å²) in [6, 6.07) is 0. The minimum absolute atomic E-state index is 0.149. The Morgan fingerprint density at radius 3 is 2.50 bits per heavy atom. The molecule has 0 aliphatic carbocycles. The van der Waals surface area contributed by atoms with E-state index in [1.165, 1.54) is 6.08 Å². The van der Waals surface area contributed by atoms with E-state index in [0.717, 1.165) is 12.8 Å². The van der Waals surface area contributed by atoms with Crippen molar-refractivity contribution < 1.29 is 9.53 Å². The summed E-state index contributed by atoms with van der Waals surface area (Å²) in [5.74, 6) is 0. The van der Waals surface area contributed by atoms with Gasteiger partial charge in [0.25, 0.3) is 0 Å². The molecule has 0 saturated carbocycles. The summed E-state index contributed by atoms with van der Waals surface area (Å²) in [6.07, 6.45) is 3.58. The lowest BCUT2D eigenvalue weighted by molar-refractivity contribution is 0.0539. The van der Waals surface area contributed by atoms with Crippen molar-refractivity contribution in [2.24, 2.45) is 4.99 Å². The minimum Gasteiger partial charge on any atom is -0.355 e. The second-order valence-electron chi connectivity index (χ2n) is 1.98. The Kier molecular flexibility index (Phi) is 6.03. The predicted molar refractivity (Wildman–Crippen MR) is 38.4 cm³/mol. The Balaban J connectivity index is 3.34. The van der Waals surface area contributed by atoms with Crippen LogP contribution in [0.4, 0.5) is 0 Å². The second-order valence-corrected chi connectivity index (χ2v) is 1.98. The van der Waals surface area contributed by atoms with Gasteiger partial charge in [-0.05, 0) is 12.8 Å². The molecule has 0 amide bonds. The van der Waals surface area contributed by atoms with Gasteiger partial charge in [0.15, 0.2) is 0 Å². The van der Waals surface area contributed by atoms with Crippen molar-refractivity contribution >= 4 is 6.08 Å². The molecular formula is C7H13NO2. The Bertz CT molecular complexity index is 115. The maximum absolute atomic E-state index is 9.59. The molecule has 0 N–H and O–H groups in total. The van der Waals surface area contributed by atoms with Gasteiger partial charge in [0, 0.05) is 0 Å². The van der Waals surface area contributed by atoms with Crippen LogP contribution in [0.2, 0.25) is 0 Å². The van der Waals surface area contributed by atoms with Gasteiger partial charge in [0.05, 0.1) is 6.10 Å². The SMILES string of the molecule is CCC(CC)OCN=C=O. The fourth-order valence-electron chi connectivity index (χ4n) is 0.693. The van der Waals surface area contributed by atoms with Gasteiger partial charge >= 0.3 is 0 Å². The van der Waals surface area contributed by atoms with Crippen molar-refractivity contribution in [3.8, 4) is 0 Å². The summed E-state index contributed by atoms with van der Waals surface area (Å²) in [7, 11) is 0. The van der Waals surface area contributed by atoms with Crippen molar-refractivity contribution in [2.75, 3.05) is 6.73 Å². The highest BCUT2D eigenvalue weighted by Gasteiger charge is 2.00. The van der Waals surface area contributed by atoms with Gasteiger partial charge in [-0.2, -0.15) is 4.99 Å². The van der Waals surface area contributed by atoms with Crippen LogP contribution in [0.3, 0.4) is 0 Å². The monoisotopic (exact) mass is 143 g/mol. The average Bonchev–Trinajstić information content (AvgIpc) is 1.99. The van der Waals surface area contributed by atoms with Crippen LogP contribution in [-0.2, 0) is 9.53 Å². The van der Waals surface area contributed by atoms with Crippen molar-refractivity contribution in [3.63, 3.8) is 0 Å². The van der Waals surface area contributed by atoms with Crippen molar-refractivity contribution in [2.45, 2.75) is 32.8 Å². The first-order valence-electron chi connectivity index (χ1n) is 3.50. The molecule has 0 radical (unpaired) electrons. The molecular weight excluding hydrogens is 130 g/mol. The van der Waals surface area contributed by atoms with Gasteiger partial charge in [-0.15, -0.1) is 0 Å². The van der Waals surface area contributed by atoms with Crippen LogP contribution in [0.1, 0.15) is 26.7 Å². The number of ether oxygens (including phenoxy) is 1. The number of rotatable bonds is 5. The summed E-state index contributed by atoms with van der Waals surface area (Å²) < 4.78 is 5.15. The zero-order chi connectivity index (χ0) is 7.82. The van der Waals surface area contributed by atoms with Gasteiger partial charge in [-0.25, -0.2) is 4.79 Å². The van der Waals surface area contributed by atoms with Crippen molar-refractivity contribution in [1.82, 2.24) is 0 Å². The highest BCUT2D eigenvalue weighted by molar-refractivity contribution is 5.32. The molecule has 0 saturated heterocycles. The molecule has 0 aliphatic heterocycles. The van der Waals surface area contributed by atoms with E-state index in [9.17, 15) is 4.79 Å². The molecule has 0 unspecified atom stereocenters. The number of carbonyl (C=O) groups excluding carboxylic acids is 1. The summed E-state index contributed by atoms with van der Waals surface area (Å²) in [5.41, 5.74) is 0. The van der Waals surface area contributed by atoms with E-state index in [1.807, 2.05) is 13.8 Å². The number of hydrogen-bond acceptors (Lipinski definition) is 3. The van der Waals surface area contributed by atoms with E-state index in [-0.39, 0.29) is 12.8 Å². The minimum atomic E-state index is 0.149. The molecule has 3 nitrogen and oxygen atoms in total. The first-order valence-corrected chi connectivity index (χ1v) is 3.50. The maximum Gasteiger partial charge on any atom is 0.237 e. The number of aliphatic imine (C=N–C) groups is 1.